The molecule has 116 valence electrons. The van der Waals surface area contributed by atoms with Gasteiger partial charge < -0.3 is 5.32 Å². The number of piperidine rings is 1. The summed E-state index contributed by atoms with van der Waals surface area (Å²) >= 11 is 0. The van der Waals surface area contributed by atoms with Crippen molar-refractivity contribution >= 4 is 11.9 Å². The van der Waals surface area contributed by atoms with Gasteiger partial charge in [-0.3, -0.25) is 4.99 Å². The number of benzene rings is 1. The topological polar surface area (TPSA) is 24.4 Å². The molecule has 1 aromatic carbocycles. The molecule has 5 atom stereocenters. The average Bonchev–Trinajstić information content (AvgIpc) is 2.98. The van der Waals surface area contributed by atoms with Crippen molar-refractivity contribution in [2.75, 3.05) is 0 Å². The molecule has 1 spiro atoms. The molecule has 2 nitrogen and oxygen atoms in total. The number of hydrogen-bond donors (Lipinski definition) is 1. The van der Waals surface area contributed by atoms with E-state index in [1.165, 1.54) is 36.9 Å². The first kappa shape index (κ1) is 13.3. The SMILES string of the molecule is CC1(C)NC2CC3(C=Nc4ccccc43)C3(C)CCC1CC23. The molecule has 5 rings (SSSR count). The molecular formula is C20H26N2. The predicted octanol–water partition coefficient (Wildman–Crippen LogP) is 4.22. The lowest BCUT2D eigenvalue weighted by atomic mass is 9.53. The highest BCUT2D eigenvalue weighted by Gasteiger charge is 2.66. The molecule has 2 heterocycles. The minimum absolute atomic E-state index is 0.164. The third kappa shape index (κ3) is 1.34. The molecule has 5 unspecified atom stereocenters. The minimum atomic E-state index is 0.164. The second kappa shape index (κ2) is 3.84. The molecule has 2 heteroatoms. The maximum Gasteiger partial charge on any atom is 0.0667 e. The van der Waals surface area contributed by atoms with E-state index in [1.807, 2.05) is 0 Å². The highest BCUT2D eigenvalue weighted by molar-refractivity contribution is 5.87. The zero-order valence-electron chi connectivity index (χ0n) is 13.9. The van der Waals surface area contributed by atoms with Crippen molar-refractivity contribution in [3.05, 3.63) is 29.8 Å². The van der Waals surface area contributed by atoms with E-state index >= 15 is 0 Å². The van der Waals surface area contributed by atoms with Gasteiger partial charge >= 0.3 is 0 Å². The number of hydrogen-bond acceptors (Lipinski definition) is 2. The normalized spacial score (nSPS) is 47.0. The molecule has 1 N–H and O–H groups in total. The van der Waals surface area contributed by atoms with E-state index in [0.29, 0.717) is 17.0 Å². The van der Waals surface area contributed by atoms with Crippen molar-refractivity contribution in [1.82, 2.24) is 5.32 Å². The molecule has 2 aliphatic carbocycles. The van der Waals surface area contributed by atoms with Crippen LogP contribution in [-0.2, 0) is 5.41 Å². The molecular weight excluding hydrogens is 268 g/mol. The monoisotopic (exact) mass is 294 g/mol. The predicted molar refractivity (Wildman–Crippen MR) is 90.8 cm³/mol. The van der Waals surface area contributed by atoms with Crippen LogP contribution < -0.4 is 5.32 Å². The van der Waals surface area contributed by atoms with Gasteiger partial charge in [0, 0.05) is 23.2 Å². The van der Waals surface area contributed by atoms with Crippen molar-refractivity contribution in [2.45, 2.75) is 63.5 Å². The molecule has 3 fully saturated rings. The minimum Gasteiger partial charge on any atom is -0.308 e. The Hall–Kier alpha value is -1.15. The van der Waals surface area contributed by atoms with E-state index < -0.39 is 0 Å². The Morgan fingerprint density at radius 1 is 1.18 bits per heavy atom. The van der Waals surface area contributed by atoms with Crippen LogP contribution in [0.1, 0.15) is 52.0 Å². The van der Waals surface area contributed by atoms with E-state index in [0.717, 1.165) is 11.8 Å². The van der Waals surface area contributed by atoms with E-state index in [4.69, 9.17) is 4.99 Å². The Bertz CT molecular complexity index is 676. The summed E-state index contributed by atoms with van der Waals surface area (Å²) < 4.78 is 0. The number of nitrogens with one attached hydrogen (secondary N) is 1. The second-order valence-electron chi connectivity index (χ2n) is 8.92. The lowest BCUT2D eigenvalue weighted by molar-refractivity contribution is -0.00299. The van der Waals surface area contributed by atoms with Crippen LogP contribution in [0, 0.1) is 17.3 Å². The molecule has 0 radical (unpaired) electrons. The van der Waals surface area contributed by atoms with Crippen molar-refractivity contribution in [3.63, 3.8) is 0 Å². The number of aliphatic imine (C=N–C) groups is 1. The van der Waals surface area contributed by atoms with E-state index in [2.05, 4.69) is 56.6 Å². The highest BCUT2D eigenvalue weighted by atomic mass is 15.1. The van der Waals surface area contributed by atoms with Gasteiger partial charge in [-0.15, -0.1) is 0 Å². The van der Waals surface area contributed by atoms with Gasteiger partial charge in [-0.2, -0.15) is 0 Å². The van der Waals surface area contributed by atoms with Gasteiger partial charge in [0.25, 0.3) is 0 Å². The van der Waals surface area contributed by atoms with Crippen molar-refractivity contribution < 1.29 is 0 Å². The first-order valence-electron chi connectivity index (χ1n) is 8.89. The van der Waals surface area contributed by atoms with Gasteiger partial charge in [0.1, 0.15) is 0 Å². The molecule has 22 heavy (non-hydrogen) atoms. The number of para-hydroxylation sites is 1. The zero-order valence-corrected chi connectivity index (χ0v) is 13.9. The number of fused-ring (bicyclic) bond motifs is 4. The van der Waals surface area contributed by atoms with E-state index in [-0.39, 0.29) is 5.41 Å². The van der Waals surface area contributed by atoms with E-state index in [9.17, 15) is 0 Å². The molecule has 2 aliphatic heterocycles. The molecule has 1 aromatic rings. The third-order valence-corrected chi connectivity index (χ3v) is 7.80. The van der Waals surface area contributed by atoms with Gasteiger partial charge in [0.2, 0.25) is 0 Å². The fraction of sp³-hybridized carbons (Fsp3) is 0.650. The molecule has 1 saturated heterocycles. The summed E-state index contributed by atoms with van der Waals surface area (Å²) in [5.41, 5.74) is 3.53. The summed E-state index contributed by atoms with van der Waals surface area (Å²) in [5.74, 6) is 1.64. The van der Waals surface area contributed by atoms with Crippen molar-refractivity contribution in [3.8, 4) is 0 Å². The lowest BCUT2D eigenvalue weighted by Crippen LogP contribution is -2.61. The fourth-order valence-corrected chi connectivity index (χ4v) is 6.46. The van der Waals surface area contributed by atoms with Crippen LogP contribution in [0.5, 0.6) is 0 Å². The maximum absolute atomic E-state index is 4.84. The molecule has 0 amide bonds. The molecule has 4 aliphatic rings. The second-order valence-corrected chi connectivity index (χ2v) is 8.92. The molecule has 0 aromatic heterocycles. The number of nitrogens with zero attached hydrogens (tertiary/aromatic N) is 1. The van der Waals surface area contributed by atoms with E-state index in [1.54, 1.807) is 0 Å². The zero-order chi connectivity index (χ0) is 15.2. The highest BCUT2D eigenvalue weighted by Crippen LogP contribution is 2.67. The number of rotatable bonds is 0. The summed E-state index contributed by atoms with van der Waals surface area (Å²) in [4.78, 5) is 4.84. The Morgan fingerprint density at radius 3 is 2.86 bits per heavy atom. The van der Waals surface area contributed by atoms with Crippen LogP contribution in [0.15, 0.2) is 29.3 Å². The van der Waals surface area contributed by atoms with Crippen molar-refractivity contribution in [2.24, 2.45) is 22.2 Å². The van der Waals surface area contributed by atoms with Gasteiger partial charge in [0.05, 0.1) is 5.69 Å². The van der Waals surface area contributed by atoms with Crippen LogP contribution >= 0.6 is 0 Å². The smallest absolute Gasteiger partial charge is 0.0667 e. The standard InChI is InChI=1S/C20H26N2/c1-18(2)13-8-9-19(3)15(10-13)17(22-18)11-20(19)12-21-16-7-5-4-6-14(16)20/h4-7,12-13,15,17,22H,8-11H2,1-3H3. The Morgan fingerprint density at radius 2 is 2.00 bits per heavy atom. The van der Waals surface area contributed by atoms with Gasteiger partial charge in [-0.05, 0) is 68.4 Å². The van der Waals surface area contributed by atoms with Crippen LogP contribution in [-0.4, -0.2) is 17.8 Å². The maximum atomic E-state index is 4.84. The molecule has 2 bridgehead atoms. The third-order valence-electron chi connectivity index (χ3n) is 7.80. The van der Waals surface area contributed by atoms with Crippen LogP contribution in [0.4, 0.5) is 5.69 Å². The average molecular weight is 294 g/mol. The first-order valence-corrected chi connectivity index (χ1v) is 8.89. The lowest BCUT2D eigenvalue weighted by Gasteiger charge is -2.55. The Balaban J connectivity index is 1.68. The summed E-state index contributed by atoms with van der Waals surface area (Å²) in [7, 11) is 0. The quantitative estimate of drug-likeness (QED) is 0.761. The van der Waals surface area contributed by atoms with Crippen LogP contribution in [0.2, 0.25) is 0 Å². The Kier molecular flexibility index (Phi) is 2.32. The van der Waals surface area contributed by atoms with Gasteiger partial charge in [-0.25, -0.2) is 0 Å². The van der Waals surface area contributed by atoms with Crippen molar-refractivity contribution in [1.29, 1.82) is 0 Å². The first-order chi connectivity index (χ1) is 10.5. The van der Waals surface area contributed by atoms with Crippen LogP contribution in [0.25, 0.3) is 0 Å². The largest absolute Gasteiger partial charge is 0.308 e. The summed E-state index contributed by atoms with van der Waals surface area (Å²) in [6, 6.07) is 9.49. The summed E-state index contributed by atoms with van der Waals surface area (Å²) in [6.07, 6.45) is 7.66. The summed E-state index contributed by atoms with van der Waals surface area (Å²) in [6.45, 7) is 7.39. The van der Waals surface area contributed by atoms with Gasteiger partial charge in [0.15, 0.2) is 0 Å². The molecule has 2 saturated carbocycles. The summed E-state index contributed by atoms with van der Waals surface area (Å²) in [5, 5.41) is 4.03. The Labute approximate surface area is 133 Å². The van der Waals surface area contributed by atoms with Gasteiger partial charge in [-0.1, -0.05) is 25.1 Å². The fourth-order valence-electron chi connectivity index (χ4n) is 6.46. The van der Waals surface area contributed by atoms with Crippen LogP contribution in [0.3, 0.4) is 0 Å².